The van der Waals surface area contributed by atoms with E-state index in [1.165, 1.54) is 5.56 Å². The van der Waals surface area contributed by atoms with Crippen LogP contribution in [0, 0.1) is 6.92 Å². The molecular formula is C14H21N3O2. The molecule has 1 aromatic rings. The Hall–Kier alpha value is -1.04. The number of ether oxygens (including phenoxy) is 2. The summed E-state index contributed by atoms with van der Waals surface area (Å²) in [6.07, 6.45) is 1.68. The molecule has 2 aliphatic heterocycles. The van der Waals surface area contributed by atoms with Crippen LogP contribution in [0.3, 0.4) is 0 Å². The molecule has 0 amide bonds. The molecule has 5 nitrogen and oxygen atoms in total. The van der Waals surface area contributed by atoms with Gasteiger partial charge in [-0.1, -0.05) is 0 Å². The van der Waals surface area contributed by atoms with Crippen molar-refractivity contribution in [2.75, 3.05) is 19.8 Å². The van der Waals surface area contributed by atoms with Crippen LogP contribution in [0.2, 0.25) is 0 Å². The first-order chi connectivity index (χ1) is 9.25. The van der Waals surface area contributed by atoms with Crippen molar-refractivity contribution in [1.82, 2.24) is 15.3 Å². The van der Waals surface area contributed by atoms with E-state index in [1.807, 2.05) is 6.92 Å². The zero-order valence-electron chi connectivity index (χ0n) is 11.7. The van der Waals surface area contributed by atoms with Gasteiger partial charge in [0.05, 0.1) is 5.69 Å². The maximum atomic E-state index is 6.05. The highest BCUT2D eigenvalue weighted by atomic mass is 16.5. The van der Waals surface area contributed by atoms with Gasteiger partial charge in [-0.05, 0) is 13.8 Å². The molecule has 0 saturated carbocycles. The Bertz CT molecular complexity index is 464. The summed E-state index contributed by atoms with van der Waals surface area (Å²) in [5.41, 5.74) is 3.11. The summed E-state index contributed by atoms with van der Waals surface area (Å²) in [5, 5.41) is 3.34. The maximum Gasteiger partial charge on any atom is 0.161 e. The zero-order valence-corrected chi connectivity index (χ0v) is 11.7. The van der Waals surface area contributed by atoms with Crippen LogP contribution in [-0.2, 0) is 28.2 Å². The molecule has 0 radical (unpaired) electrons. The summed E-state index contributed by atoms with van der Waals surface area (Å²) in [7, 11) is 0. The average Bonchev–Trinajstić information content (AvgIpc) is 2.89. The van der Waals surface area contributed by atoms with Gasteiger partial charge in [0.15, 0.2) is 5.82 Å². The lowest BCUT2D eigenvalue weighted by Crippen LogP contribution is -2.38. The molecule has 3 rings (SSSR count). The van der Waals surface area contributed by atoms with Gasteiger partial charge in [0.25, 0.3) is 0 Å². The normalized spacial score (nSPS) is 21.4. The smallest absolute Gasteiger partial charge is 0.161 e. The summed E-state index contributed by atoms with van der Waals surface area (Å²) in [5.74, 6) is 0.845. The van der Waals surface area contributed by atoms with E-state index in [0.717, 1.165) is 56.4 Å². The summed E-state index contributed by atoms with van der Waals surface area (Å²) in [6.45, 7) is 7.93. The summed E-state index contributed by atoms with van der Waals surface area (Å²) >= 11 is 0. The van der Waals surface area contributed by atoms with Crippen molar-refractivity contribution < 1.29 is 9.47 Å². The Balaban J connectivity index is 2.00. The van der Waals surface area contributed by atoms with Gasteiger partial charge in [-0.2, -0.15) is 0 Å². The Morgan fingerprint density at radius 1 is 1.26 bits per heavy atom. The third-order valence-corrected chi connectivity index (χ3v) is 4.02. The molecule has 19 heavy (non-hydrogen) atoms. The van der Waals surface area contributed by atoms with Gasteiger partial charge >= 0.3 is 0 Å². The molecule has 1 fully saturated rings. The molecular weight excluding hydrogens is 242 g/mol. The minimum atomic E-state index is -0.352. The molecule has 1 saturated heterocycles. The molecule has 0 aliphatic carbocycles. The standard InChI is InChI=1S/C14H21N3O2/c1-3-19-14(4-6-18-7-5-14)13-16-10(2)11-8-15-9-12(11)17-13/h15H,3-9H2,1-2H3. The maximum absolute atomic E-state index is 6.05. The molecule has 2 aliphatic rings. The predicted octanol–water partition coefficient (Wildman–Crippen LogP) is 1.43. The van der Waals surface area contributed by atoms with E-state index in [9.17, 15) is 0 Å². The highest BCUT2D eigenvalue weighted by Gasteiger charge is 2.39. The second-order valence-corrected chi connectivity index (χ2v) is 5.20. The number of hydrogen-bond acceptors (Lipinski definition) is 5. The molecule has 5 heteroatoms. The van der Waals surface area contributed by atoms with Gasteiger partial charge < -0.3 is 14.8 Å². The van der Waals surface area contributed by atoms with Crippen molar-refractivity contribution >= 4 is 0 Å². The Morgan fingerprint density at radius 3 is 2.79 bits per heavy atom. The number of nitrogens with zero attached hydrogens (tertiary/aromatic N) is 2. The van der Waals surface area contributed by atoms with Crippen molar-refractivity contribution in [3.8, 4) is 0 Å². The first-order valence-electron chi connectivity index (χ1n) is 7.04. The summed E-state index contributed by atoms with van der Waals surface area (Å²) in [6, 6.07) is 0. The van der Waals surface area contributed by atoms with Crippen molar-refractivity contribution in [3.05, 3.63) is 22.8 Å². The predicted molar refractivity (Wildman–Crippen MR) is 70.7 cm³/mol. The summed E-state index contributed by atoms with van der Waals surface area (Å²) in [4.78, 5) is 9.50. The van der Waals surface area contributed by atoms with Crippen LogP contribution in [0.15, 0.2) is 0 Å². The van der Waals surface area contributed by atoms with Crippen molar-refractivity contribution in [3.63, 3.8) is 0 Å². The fourth-order valence-corrected chi connectivity index (χ4v) is 2.95. The van der Waals surface area contributed by atoms with Crippen LogP contribution in [0.4, 0.5) is 0 Å². The van der Waals surface area contributed by atoms with Gasteiger partial charge in [-0.25, -0.2) is 9.97 Å². The molecule has 1 N–H and O–H groups in total. The molecule has 0 bridgehead atoms. The van der Waals surface area contributed by atoms with E-state index < -0.39 is 0 Å². The molecule has 0 aromatic carbocycles. The molecule has 0 atom stereocenters. The average molecular weight is 263 g/mol. The van der Waals surface area contributed by atoms with Crippen molar-refractivity contribution in [2.45, 2.75) is 45.4 Å². The molecule has 3 heterocycles. The number of aryl methyl sites for hydroxylation is 1. The SMILES string of the molecule is CCOC1(c2nc(C)c3c(n2)CNC3)CCOCC1. The van der Waals surface area contributed by atoms with Gasteiger partial charge in [-0.3, -0.25) is 0 Å². The molecule has 104 valence electrons. The van der Waals surface area contributed by atoms with E-state index in [0.29, 0.717) is 6.61 Å². The van der Waals surface area contributed by atoms with Gasteiger partial charge in [0.1, 0.15) is 5.60 Å². The molecule has 1 aromatic heterocycles. The molecule has 0 unspecified atom stereocenters. The van der Waals surface area contributed by atoms with E-state index in [4.69, 9.17) is 19.4 Å². The van der Waals surface area contributed by atoms with Crippen molar-refractivity contribution in [1.29, 1.82) is 0 Å². The molecule has 0 spiro atoms. The highest BCUT2D eigenvalue weighted by Crippen LogP contribution is 2.35. The van der Waals surface area contributed by atoms with Crippen LogP contribution in [-0.4, -0.2) is 29.8 Å². The zero-order chi connectivity index (χ0) is 13.3. The van der Waals surface area contributed by atoms with Gasteiger partial charge in [-0.15, -0.1) is 0 Å². The van der Waals surface area contributed by atoms with Crippen LogP contribution in [0.1, 0.15) is 42.5 Å². The minimum Gasteiger partial charge on any atom is -0.381 e. The van der Waals surface area contributed by atoms with E-state index >= 15 is 0 Å². The van der Waals surface area contributed by atoms with E-state index in [1.54, 1.807) is 0 Å². The monoisotopic (exact) mass is 263 g/mol. The first-order valence-corrected chi connectivity index (χ1v) is 7.04. The lowest BCUT2D eigenvalue weighted by Gasteiger charge is -2.35. The first kappa shape index (κ1) is 13.0. The van der Waals surface area contributed by atoms with Crippen LogP contribution >= 0.6 is 0 Å². The van der Waals surface area contributed by atoms with E-state index in [2.05, 4.69) is 12.2 Å². The Kier molecular flexibility index (Phi) is 3.52. The third-order valence-electron chi connectivity index (χ3n) is 4.02. The third kappa shape index (κ3) is 2.26. The van der Waals surface area contributed by atoms with Gasteiger partial charge in [0, 0.05) is 57.0 Å². The van der Waals surface area contributed by atoms with Crippen LogP contribution < -0.4 is 5.32 Å². The number of hydrogen-bond donors (Lipinski definition) is 1. The Morgan fingerprint density at radius 2 is 2.05 bits per heavy atom. The fraction of sp³-hybridized carbons (Fsp3) is 0.714. The Labute approximate surface area is 113 Å². The number of nitrogens with one attached hydrogen (secondary N) is 1. The van der Waals surface area contributed by atoms with Crippen LogP contribution in [0.5, 0.6) is 0 Å². The van der Waals surface area contributed by atoms with Crippen molar-refractivity contribution in [2.24, 2.45) is 0 Å². The van der Waals surface area contributed by atoms with E-state index in [-0.39, 0.29) is 5.60 Å². The second kappa shape index (κ2) is 5.15. The largest absolute Gasteiger partial charge is 0.381 e. The highest BCUT2D eigenvalue weighted by molar-refractivity contribution is 5.29. The lowest BCUT2D eigenvalue weighted by atomic mass is 9.92. The van der Waals surface area contributed by atoms with Gasteiger partial charge in [0.2, 0.25) is 0 Å². The minimum absolute atomic E-state index is 0.352. The lowest BCUT2D eigenvalue weighted by molar-refractivity contribution is -0.118. The fourth-order valence-electron chi connectivity index (χ4n) is 2.95. The van der Waals surface area contributed by atoms with Crippen LogP contribution in [0.25, 0.3) is 0 Å². The quantitative estimate of drug-likeness (QED) is 0.894. The topological polar surface area (TPSA) is 56.3 Å². The number of fused-ring (bicyclic) bond motifs is 1. The number of aromatic nitrogens is 2. The number of rotatable bonds is 3. The summed E-state index contributed by atoms with van der Waals surface area (Å²) < 4.78 is 11.5. The second-order valence-electron chi connectivity index (χ2n) is 5.20.